The topological polar surface area (TPSA) is 41.1 Å². The number of amides is 1. The molecule has 3 heteroatoms. The number of hydrogen-bond donors (Lipinski definition) is 2. The molecule has 1 heterocycles. The normalized spacial score (nSPS) is 19.5. The fourth-order valence-electron chi connectivity index (χ4n) is 2.97. The van der Waals surface area contributed by atoms with Gasteiger partial charge in [-0.1, -0.05) is 50.8 Å². The third-order valence-electron chi connectivity index (χ3n) is 4.27. The van der Waals surface area contributed by atoms with E-state index in [9.17, 15) is 4.79 Å². The number of anilines is 1. The van der Waals surface area contributed by atoms with Crippen molar-refractivity contribution < 1.29 is 4.79 Å². The lowest BCUT2D eigenvalue weighted by molar-refractivity contribution is -0.118. The van der Waals surface area contributed by atoms with E-state index in [2.05, 4.69) is 30.5 Å². The maximum atomic E-state index is 12.3. The van der Waals surface area contributed by atoms with Gasteiger partial charge >= 0.3 is 0 Å². The Morgan fingerprint density at radius 2 is 2.10 bits per heavy atom. The highest BCUT2D eigenvalue weighted by Crippen LogP contribution is 2.21. The van der Waals surface area contributed by atoms with Crippen molar-refractivity contribution in [3.8, 4) is 0 Å². The molecular weight excluding hydrogens is 260 g/mol. The van der Waals surface area contributed by atoms with Crippen LogP contribution in [0.5, 0.6) is 0 Å². The molecule has 2 unspecified atom stereocenters. The molecule has 1 aromatic carbocycles. The number of unbranched alkanes of at least 4 members (excludes halogenated alkanes) is 3. The zero-order valence-electron chi connectivity index (χ0n) is 13.3. The lowest BCUT2D eigenvalue weighted by Crippen LogP contribution is -2.44. The minimum Gasteiger partial charge on any atom is -0.324 e. The summed E-state index contributed by atoms with van der Waals surface area (Å²) in [5.74, 6) is 0.111. The quantitative estimate of drug-likeness (QED) is 0.747. The monoisotopic (exact) mass is 288 g/mol. The molecule has 0 bridgehead atoms. The van der Waals surface area contributed by atoms with Crippen molar-refractivity contribution in [2.24, 2.45) is 0 Å². The number of nitrogens with one attached hydrogen (secondary N) is 2. The van der Waals surface area contributed by atoms with Crippen LogP contribution in [-0.2, 0) is 11.2 Å². The molecule has 0 saturated heterocycles. The van der Waals surface area contributed by atoms with E-state index in [-0.39, 0.29) is 11.9 Å². The van der Waals surface area contributed by atoms with Crippen LogP contribution in [0.2, 0.25) is 0 Å². The highest BCUT2D eigenvalue weighted by molar-refractivity contribution is 5.96. The van der Waals surface area contributed by atoms with E-state index < -0.39 is 0 Å². The van der Waals surface area contributed by atoms with Crippen molar-refractivity contribution in [1.29, 1.82) is 0 Å². The van der Waals surface area contributed by atoms with Crippen molar-refractivity contribution in [2.75, 3.05) is 5.32 Å². The van der Waals surface area contributed by atoms with Gasteiger partial charge < -0.3 is 10.6 Å². The molecule has 21 heavy (non-hydrogen) atoms. The number of carbonyl (C=O) groups excluding carboxylic acids is 1. The smallest absolute Gasteiger partial charge is 0.241 e. The van der Waals surface area contributed by atoms with Gasteiger partial charge in [-0.05, 0) is 37.8 Å². The van der Waals surface area contributed by atoms with Crippen LogP contribution in [-0.4, -0.2) is 18.0 Å². The summed E-state index contributed by atoms with van der Waals surface area (Å²) in [6, 6.07) is 8.44. The summed E-state index contributed by atoms with van der Waals surface area (Å²) >= 11 is 0. The summed E-state index contributed by atoms with van der Waals surface area (Å²) in [6.45, 7) is 4.42. The molecule has 0 radical (unpaired) electrons. The van der Waals surface area contributed by atoms with E-state index in [1.54, 1.807) is 0 Å². The maximum Gasteiger partial charge on any atom is 0.241 e. The molecule has 2 atom stereocenters. The average molecular weight is 288 g/mol. The van der Waals surface area contributed by atoms with E-state index in [1.165, 1.54) is 31.2 Å². The van der Waals surface area contributed by atoms with Gasteiger partial charge in [0.1, 0.15) is 0 Å². The fourth-order valence-corrected chi connectivity index (χ4v) is 2.97. The molecule has 0 aromatic heterocycles. The van der Waals surface area contributed by atoms with Crippen molar-refractivity contribution in [2.45, 2.75) is 70.9 Å². The van der Waals surface area contributed by atoms with Crippen LogP contribution in [0.1, 0.15) is 57.9 Å². The third kappa shape index (κ3) is 4.85. The molecule has 2 rings (SSSR count). The molecule has 2 N–H and O–H groups in total. The first-order chi connectivity index (χ1) is 10.2. The van der Waals surface area contributed by atoms with Crippen molar-refractivity contribution >= 4 is 11.6 Å². The summed E-state index contributed by atoms with van der Waals surface area (Å²) in [5.41, 5.74) is 2.22. The molecule has 1 amide bonds. The first kappa shape index (κ1) is 16.0. The largest absolute Gasteiger partial charge is 0.324 e. The van der Waals surface area contributed by atoms with E-state index in [4.69, 9.17) is 0 Å². The van der Waals surface area contributed by atoms with E-state index >= 15 is 0 Å². The lowest BCUT2D eigenvalue weighted by Gasteiger charge is -2.21. The van der Waals surface area contributed by atoms with Gasteiger partial charge in [0, 0.05) is 11.7 Å². The van der Waals surface area contributed by atoms with Gasteiger partial charge in [-0.15, -0.1) is 0 Å². The molecule has 0 fully saturated rings. The number of rotatable bonds is 7. The highest BCUT2D eigenvalue weighted by atomic mass is 16.2. The summed E-state index contributed by atoms with van der Waals surface area (Å²) in [7, 11) is 0. The first-order valence-corrected chi connectivity index (χ1v) is 8.35. The Kier molecular flexibility index (Phi) is 6.24. The minimum atomic E-state index is -0.0708. The van der Waals surface area contributed by atoms with Crippen molar-refractivity contribution in [3.05, 3.63) is 29.8 Å². The van der Waals surface area contributed by atoms with E-state index in [0.29, 0.717) is 6.04 Å². The van der Waals surface area contributed by atoms with Crippen LogP contribution in [0.25, 0.3) is 0 Å². The van der Waals surface area contributed by atoms with Gasteiger partial charge in [-0.2, -0.15) is 0 Å². The summed E-state index contributed by atoms with van der Waals surface area (Å²) < 4.78 is 0. The van der Waals surface area contributed by atoms with Crippen molar-refractivity contribution in [3.63, 3.8) is 0 Å². The molecule has 0 aliphatic carbocycles. The van der Waals surface area contributed by atoms with E-state index in [1.807, 2.05) is 18.2 Å². The molecule has 0 saturated carbocycles. The SMILES string of the molecule is CCCCCCC(C)NC1CCc2ccccc2NC1=O. The van der Waals surface area contributed by atoms with Crippen molar-refractivity contribution in [1.82, 2.24) is 5.32 Å². The Labute approximate surface area is 128 Å². The Balaban J connectivity index is 1.83. The van der Waals surface area contributed by atoms with Gasteiger partial charge in [-0.25, -0.2) is 0 Å². The van der Waals surface area contributed by atoms with Crippen LogP contribution in [0.3, 0.4) is 0 Å². The first-order valence-electron chi connectivity index (χ1n) is 8.35. The second-order valence-corrected chi connectivity index (χ2v) is 6.15. The Morgan fingerprint density at radius 3 is 2.90 bits per heavy atom. The zero-order chi connectivity index (χ0) is 15.1. The molecule has 3 nitrogen and oxygen atoms in total. The van der Waals surface area contributed by atoms with E-state index in [0.717, 1.165) is 24.9 Å². The van der Waals surface area contributed by atoms with Gasteiger partial charge in [0.2, 0.25) is 5.91 Å². The third-order valence-corrected chi connectivity index (χ3v) is 4.27. The van der Waals surface area contributed by atoms with Crippen LogP contribution < -0.4 is 10.6 Å². The minimum absolute atomic E-state index is 0.0708. The molecule has 1 aromatic rings. The second-order valence-electron chi connectivity index (χ2n) is 6.15. The average Bonchev–Trinajstić information content (AvgIpc) is 2.63. The van der Waals surface area contributed by atoms with Gasteiger partial charge in [-0.3, -0.25) is 4.79 Å². The van der Waals surface area contributed by atoms with Crippen LogP contribution >= 0.6 is 0 Å². The lowest BCUT2D eigenvalue weighted by atomic mass is 10.0. The number of hydrogen-bond acceptors (Lipinski definition) is 2. The summed E-state index contributed by atoms with van der Waals surface area (Å²) in [5, 5.41) is 6.56. The number of para-hydroxylation sites is 1. The summed E-state index contributed by atoms with van der Waals surface area (Å²) in [4.78, 5) is 12.3. The molecule has 116 valence electrons. The molecule has 0 spiro atoms. The standard InChI is InChI=1S/C18H28N2O/c1-3-4-5-6-9-14(2)19-17-13-12-15-10-7-8-11-16(15)20-18(17)21/h7-8,10-11,14,17,19H,3-6,9,12-13H2,1-2H3,(H,20,21). The predicted molar refractivity (Wildman–Crippen MR) is 88.5 cm³/mol. The van der Waals surface area contributed by atoms with Gasteiger partial charge in [0.25, 0.3) is 0 Å². The van der Waals surface area contributed by atoms with Gasteiger partial charge in [0.15, 0.2) is 0 Å². The Hall–Kier alpha value is -1.35. The number of benzene rings is 1. The maximum absolute atomic E-state index is 12.3. The Bertz CT molecular complexity index is 458. The molecular formula is C18H28N2O. The zero-order valence-corrected chi connectivity index (χ0v) is 13.3. The summed E-state index contributed by atoms with van der Waals surface area (Å²) in [6.07, 6.45) is 8.10. The molecule has 1 aliphatic heterocycles. The molecule has 1 aliphatic rings. The number of carbonyl (C=O) groups is 1. The van der Waals surface area contributed by atoms with Crippen LogP contribution in [0.4, 0.5) is 5.69 Å². The predicted octanol–water partition coefficient (Wildman–Crippen LogP) is 3.89. The number of fused-ring (bicyclic) bond motifs is 1. The highest BCUT2D eigenvalue weighted by Gasteiger charge is 2.24. The van der Waals surface area contributed by atoms with Crippen LogP contribution in [0, 0.1) is 0 Å². The second kappa shape index (κ2) is 8.18. The fraction of sp³-hybridized carbons (Fsp3) is 0.611. The van der Waals surface area contributed by atoms with Gasteiger partial charge in [0.05, 0.1) is 6.04 Å². The van der Waals surface area contributed by atoms with Crippen LogP contribution in [0.15, 0.2) is 24.3 Å². The Morgan fingerprint density at radius 1 is 1.29 bits per heavy atom. The number of aryl methyl sites for hydroxylation is 1.